The molecule has 0 unspecified atom stereocenters. The monoisotopic (exact) mass is 375 g/mol. The molecule has 4 nitrogen and oxygen atoms in total. The number of aromatic nitrogens is 2. The fourth-order valence-electron chi connectivity index (χ4n) is 2.08. The molecule has 0 fully saturated rings. The van der Waals surface area contributed by atoms with Crippen LogP contribution in [0.2, 0.25) is 0 Å². The summed E-state index contributed by atoms with van der Waals surface area (Å²) in [5.74, 6) is -2.69. The second-order valence-corrected chi connectivity index (χ2v) is 6.23. The van der Waals surface area contributed by atoms with Gasteiger partial charge in [0.15, 0.2) is 11.6 Å². The smallest absolute Gasteiger partial charge is 0.234 e. The van der Waals surface area contributed by atoms with Gasteiger partial charge in [0.05, 0.1) is 11.4 Å². The minimum absolute atomic E-state index is 0.0313. The number of nitrogens with zero attached hydrogens (tertiary/aromatic N) is 2. The van der Waals surface area contributed by atoms with Gasteiger partial charge >= 0.3 is 0 Å². The van der Waals surface area contributed by atoms with Gasteiger partial charge in [0.25, 0.3) is 0 Å². The van der Waals surface area contributed by atoms with E-state index >= 15 is 0 Å². The summed E-state index contributed by atoms with van der Waals surface area (Å²) in [7, 11) is 0. The summed E-state index contributed by atoms with van der Waals surface area (Å²) in [6.45, 7) is 0. The Morgan fingerprint density at radius 2 is 1.69 bits per heavy atom. The van der Waals surface area contributed by atoms with Crippen LogP contribution in [0, 0.1) is 17.5 Å². The predicted octanol–water partition coefficient (Wildman–Crippen LogP) is 4.29. The van der Waals surface area contributed by atoms with Gasteiger partial charge in [-0.25, -0.2) is 13.2 Å². The molecule has 132 valence electrons. The molecule has 1 aromatic heterocycles. The second-order valence-electron chi connectivity index (χ2n) is 5.23. The first-order chi connectivity index (χ1) is 12.5. The lowest BCUT2D eigenvalue weighted by atomic mass is 10.1. The maximum absolute atomic E-state index is 13.1. The van der Waals surface area contributed by atoms with E-state index in [1.807, 2.05) is 0 Å². The van der Waals surface area contributed by atoms with Crippen molar-refractivity contribution < 1.29 is 18.0 Å². The summed E-state index contributed by atoms with van der Waals surface area (Å²) < 4.78 is 38.9. The fraction of sp³-hybridized carbons (Fsp3) is 0.0556. The minimum atomic E-state index is -1.03. The maximum Gasteiger partial charge on any atom is 0.234 e. The Hall–Kier alpha value is -2.87. The van der Waals surface area contributed by atoms with Crippen molar-refractivity contribution in [2.24, 2.45) is 0 Å². The first kappa shape index (κ1) is 17.9. The Bertz CT molecular complexity index is 918. The summed E-state index contributed by atoms with van der Waals surface area (Å²) in [4.78, 5) is 11.9. The third-order valence-corrected chi connectivity index (χ3v) is 4.25. The minimum Gasteiger partial charge on any atom is -0.325 e. The SMILES string of the molecule is O=C(CSc1ccc(-c2ccc(F)cc2)nn1)Nc1ccc(F)c(F)c1. The van der Waals surface area contributed by atoms with Gasteiger partial charge < -0.3 is 5.32 Å². The Kier molecular flexibility index (Phi) is 5.52. The van der Waals surface area contributed by atoms with E-state index in [4.69, 9.17) is 0 Å². The molecular formula is C18H12F3N3OS. The third kappa shape index (κ3) is 4.60. The molecule has 8 heteroatoms. The molecule has 0 spiro atoms. The molecular weight excluding hydrogens is 363 g/mol. The second kappa shape index (κ2) is 8.01. The van der Waals surface area contributed by atoms with Crippen LogP contribution in [0.3, 0.4) is 0 Å². The Labute approximate surface area is 151 Å². The summed E-state index contributed by atoms with van der Waals surface area (Å²) in [5, 5.41) is 11.1. The molecule has 0 saturated carbocycles. The maximum atomic E-state index is 13.1. The number of anilines is 1. The molecule has 0 saturated heterocycles. The fourth-order valence-corrected chi connectivity index (χ4v) is 2.70. The van der Waals surface area contributed by atoms with Gasteiger partial charge in [-0.2, -0.15) is 0 Å². The van der Waals surface area contributed by atoms with Crippen molar-refractivity contribution >= 4 is 23.4 Å². The summed E-state index contributed by atoms with van der Waals surface area (Å²) in [6, 6.07) is 12.4. The molecule has 26 heavy (non-hydrogen) atoms. The van der Waals surface area contributed by atoms with Crippen molar-refractivity contribution in [3.8, 4) is 11.3 Å². The van der Waals surface area contributed by atoms with Crippen LogP contribution in [0.5, 0.6) is 0 Å². The predicted molar refractivity (Wildman–Crippen MR) is 93.1 cm³/mol. The number of hydrogen-bond donors (Lipinski definition) is 1. The van der Waals surface area contributed by atoms with Gasteiger partial charge in [-0.1, -0.05) is 11.8 Å². The molecule has 2 aromatic carbocycles. The van der Waals surface area contributed by atoms with E-state index in [2.05, 4.69) is 15.5 Å². The number of hydrogen-bond acceptors (Lipinski definition) is 4. The molecule has 0 bridgehead atoms. The Balaban J connectivity index is 1.56. The van der Waals surface area contributed by atoms with Gasteiger partial charge in [-0.15, -0.1) is 10.2 Å². The zero-order valence-electron chi connectivity index (χ0n) is 13.2. The molecule has 0 aliphatic rings. The van der Waals surface area contributed by atoms with Crippen molar-refractivity contribution in [3.63, 3.8) is 0 Å². The van der Waals surface area contributed by atoms with Crippen LogP contribution < -0.4 is 5.32 Å². The van der Waals surface area contributed by atoms with Gasteiger partial charge in [0.2, 0.25) is 5.91 Å². The molecule has 1 heterocycles. The number of halogens is 3. The highest BCUT2D eigenvalue weighted by atomic mass is 32.2. The molecule has 3 aromatic rings. The van der Waals surface area contributed by atoms with Gasteiger partial charge in [-0.05, 0) is 48.5 Å². The molecule has 0 radical (unpaired) electrons. The van der Waals surface area contributed by atoms with Crippen LogP contribution in [0.25, 0.3) is 11.3 Å². The van der Waals surface area contributed by atoms with Crippen LogP contribution in [-0.2, 0) is 4.79 Å². The highest BCUT2D eigenvalue weighted by molar-refractivity contribution is 7.99. The van der Waals surface area contributed by atoms with Gasteiger partial charge in [-0.3, -0.25) is 4.79 Å². The molecule has 0 atom stereocenters. The summed E-state index contributed by atoms with van der Waals surface area (Å²) in [5.41, 5.74) is 1.49. The highest BCUT2D eigenvalue weighted by Gasteiger charge is 2.08. The normalized spacial score (nSPS) is 10.6. The van der Waals surface area contributed by atoms with Crippen LogP contribution in [0.1, 0.15) is 0 Å². The van der Waals surface area contributed by atoms with Crippen molar-refractivity contribution in [1.29, 1.82) is 0 Å². The number of amides is 1. The van der Waals surface area contributed by atoms with Crippen LogP contribution in [0.15, 0.2) is 59.6 Å². The third-order valence-electron chi connectivity index (χ3n) is 3.33. The van der Waals surface area contributed by atoms with Crippen molar-refractivity contribution in [2.45, 2.75) is 5.03 Å². The van der Waals surface area contributed by atoms with E-state index < -0.39 is 11.6 Å². The van der Waals surface area contributed by atoms with E-state index in [1.54, 1.807) is 24.3 Å². The molecule has 0 aliphatic carbocycles. The van der Waals surface area contributed by atoms with Crippen LogP contribution >= 0.6 is 11.8 Å². The van der Waals surface area contributed by atoms with Crippen LogP contribution in [0.4, 0.5) is 18.9 Å². The number of thioether (sulfide) groups is 1. The standard InChI is InChI=1S/C18H12F3N3OS/c19-12-3-1-11(2-4-12)16-7-8-18(24-23-16)26-10-17(25)22-13-5-6-14(20)15(21)9-13/h1-9H,10H2,(H,22,25). The first-order valence-corrected chi connectivity index (χ1v) is 8.47. The largest absolute Gasteiger partial charge is 0.325 e. The molecule has 1 amide bonds. The average molecular weight is 375 g/mol. The van der Waals surface area contributed by atoms with E-state index in [0.717, 1.165) is 29.5 Å². The molecule has 1 N–H and O–H groups in total. The molecule has 0 aliphatic heterocycles. The van der Waals surface area contributed by atoms with E-state index in [1.165, 1.54) is 18.2 Å². The lowest BCUT2D eigenvalue weighted by molar-refractivity contribution is -0.113. The number of rotatable bonds is 5. The lowest BCUT2D eigenvalue weighted by Gasteiger charge is -2.05. The number of carbonyl (C=O) groups excluding carboxylic acids is 1. The number of benzene rings is 2. The van der Waals surface area contributed by atoms with Crippen molar-refractivity contribution in [3.05, 3.63) is 72.0 Å². The van der Waals surface area contributed by atoms with Gasteiger partial charge in [0.1, 0.15) is 10.8 Å². The van der Waals surface area contributed by atoms with E-state index in [-0.39, 0.29) is 23.2 Å². The first-order valence-electron chi connectivity index (χ1n) is 7.48. The summed E-state index contributed by atoms with van der Waals surface area (Å²) in [6.07, 6.45) is 0. The van der Waals surface area contributed by atoms with Crippen molar-refractivity contribution in [2.75, 3.05) is 11.1 Å². The Morgan fingerprint density at radius 1 is 0.923 bits per heavy atom. The molecule has 3 rings (SSSR count). The Morgan fingerprint density at radius 3 is 2.35 bits per heavy atom. The highest BCUT2D eigenvalue weighted by Crippen LogP contribution is 2.20. The quantitative estimate of drug-likeness (QED) is 0.676. The zero-order valence-corrected chi connectivity index (χ0v) is 14.1. The van der Waals surface area contributed by atoms with E-state index in [0.29, 0.717) is 10.7 Å². The lowest BCUT2D eigenvalue weighted by Crippen LogP contribution is -2.14. The van der Waals surface area contributed by atoms with Gasteiger partial charge in [0, 0.05) is 17.3 Å². The average Bonchev–Trinajstić information content (AvgIpc) is 2.64. The van der Waals surface area contributed by atoms with Crippen molar-refractivity contribution in [1.82, 2.24) is 10.2 Å². The van der Waals surface area contributed by atoms with E-state index in [9.17, 15) is 18.0 Å². The zero-order chi connectivity index (χ0) is 18.5. The number of nitrogens with one attached hydrogen (secondary N) is 1. The number of carbonyl (C=O) groups is 1. The van der Waals surface area contributed by atoms with Crippen LogP contribution in [-0.4, -0.2) is 21.9 Å². The topological polar surface area (TPSA) is 54.9 Å². The summed E-state index contributed by atoms with van der Waals surface area (Å²) >= 11 is 1.15.